The van der Waals surface area contributed by atoms with Crippen LogP contribution in [0.2, 0.25) is 0 Å². The molecule has 5 N–H and O–H groups in total. The summed E-state index contributed by atoms with van der Waals surface area (Å²) in [5, 5.41) is 18.1. The second-order valence-corrected chi connectivity index (χ2v) is 8.80. The van der Waals surface area contributed by atoms with Gasteiger partial charge in [-0.15, -0.1) is 0 Å². The van der Waals surface area contributed by atoms with Crippen LogP contribution in [0.4, 0.5) is 18.9 Å². The molecule has 176 valence electrons. The first-order chi connectivity index (χ1) is 15.7. The standard InChI is InChI=1S/C25H28F3N3O2/c26-25(27,28)18-9-11-21-20(13-18)24(33)14-16(15-30-22(32)7-4-12-29)8-10-19(24)23(31-21)17-5-2-1-3-6-17/h1-3,5-6,9,11,13,15,19,23,31,33H,4,7-8,10,12,14,29H2,(H,30,32)/b16-15+/t19-,23-,24-/m0/s1. The Labute approximate surface area is 190 Å². The van der Waals surface area contributed by atoms with Gasteiger partial charge in [0.2, 0.25) is 5.91 Å². The van der Waals surface area contributed by atoms with E-state index in [-0.39, 0.29) is 29.9 Å². The van der Waals surface area contributed by atoms with E-state index in [9.17, 15) is 23.1 Å². The molecule has 1 fully saturated rings. The Balaban J connectivity index is 1.71. The lowest BCUT2D eigenvalue weighted by molar-refractivity contribution is -0.138. The Hall–Kier alpha value is -2.84. The summed E-state index contributed by atoms with van der Waals surface area (Å²) in [5.41, 5.74) is 5.64. The highest BCUT2D eigenvalue weighted by molar-refractivity contribution is 5.77. The molecule has 1 aliphatic heterocycles. The molecule has 1 aliphatic carbocycles. The number of fused-ring (bicyclic) bond motifs is 3. The fourth-order valence-electron chi connectivity index (χ4n) is 4.97. The van der Waals surface area contributed by atoms with E-state index in [4.69, 9.17) is 5.73 Å². The smallest absolute Gasteiger partial charge is 0.384 e. The SMILES string of the molecule is NCCCC(=O)N/C=C1\CC[C@H]2[C@H](c3ccccc3)Nc3ccc(C(F)(F)F)cc3[C@]2(O)C1. The highest BCUT2D eigenvalue weighted by Gasteiger charge is 2.51. The first-order valence-electron chi connectivity index (χ1n) is 11.2. The Morgan fingerprint density at radius 1 is 1.24 bits per heavy atom. The molecule has 4 rings (SSSR count). The summed E-state index contributed by atoms with van der Waals surface area (Å²) in [6.45, 7) is 0.414. The normalized spacial score (nSPS) is 25.7. The summed E-state index contributed by atoms with van der Waals surface area (Å²) in [6, 6.07) is 12.9. The van der Waals surface area contributed by atoms with E-state index in [1.807, 2.05) is 30.3 Å². The summed E-state index contributed by atoms with van der Waals surface area (Å²) in [5.74, 6) is -0.504. The topological polar surface area (TPSA) is 87.4 Å². The Morgan fingerprint density at radius 3 is 2.70 bits per heavy atom. The van der Waals surface area contributed by atoms with Crippen LogP contribution in [-0.4, -0.2) is 17.6 Å². The molecule has 2 aromatic carbocycles. The van der Waals surface area contributed by atoms with Gasteiger partial charge in [0.25, 0.3) is 0 Å². The van der Waals surface area contributed by atoms with Gasteiger partial charge in [-0.2, -0.15) is 13.2 Å². The predicted molar refractivity (Wildman–Crippen MR) is 120 cm³/mol. The summed E-state index contributed by atoms with van der Waals surface area (Å²) in [4.78, 5) is 12.0. The van der Waals surface area contributed by atoms with Crippen molar-refractivity contribution in [2.45, 2.75) is 49.9 Å². The number of benzene rings is 2. The van der Waals surface area contributed by atoms with E-state index in [1.54, 1.807) is 6.20 Å². The highest BCUT2D eigenvalue weighted by Crippen LogP contribution is 2.55. The number of hydrogen-bond acceptors (Lipinski definition) is 4. The lowest BCUT2D eigenvalue weighted by atomic mass is 9.63. The average Bonchev–Trinajstić information content (AvgIpc) is 2.80. The molecule has 1 saturated carbocycles. The fraction of sp³-hybridized carbons (Fsp3) is 0.400. The van der Waals surface area contributed by atoms with Gasteiger partial charge in [-0.1, -0.05) is 35.9 Å². The molecule has 5 nitrogen and oxygen atoms in total. The summed E-state index contributed by atoms with van der Waals surface area (Å²) in [7, 11) is 0. The third kappa shape index (κ3) is 4.77. The number of nitrogens with two attached hydrogens (primary N) is 1. The largest absolute Gasteiger partial charge is 0.416 e. The molecule has 0 saturated heterocycles. The van der Waals surface area contributed by atoms with Gasteiger partial charge >= 0.3 is 6.18 Å². The number of carbonyl (C=O) groups is 1. The van der Waals surface area contributed by atoms with Crippen LogP contribution in [0.5, 0.6) is 0 Å². The van der Waals surface area contributed by atoms with E-state index in [1.165, 1.54) is 6.07 Å². The molecule has 1 amide bonds. The van der Waals surface area contributed by atoms with Gasteiger partial charge in [0, 0.05) is 36.2 Å². The number of anilines is 1. The minimum absolute atomic E-state index is 0.147. The second-order valence-electron chi connectivity index (χ2n) is 8.80. The zero-order chi connectivity index (χ0) is 23.6. The molecule has 0 aromatic heterocycles. The Morgan fingerprint density at radius 2 is 2.00 bits per heavy atom. The third-order valence-corrected chi connectivity index (χ3v) is 6.62. The number of alkyl halides is 3. The summed E-state index contributed by atoms with van der Waals surface area (Å²) < 4.78 is 40.4. The van der Waals surface area contributed by atoms with E-state index in [0.29, 0.717) is 37.9 Å². The predicted octanol–water partition coefficient (Wildman–Crippen LogP) is 4.60. The molecule has 2 aromatic rings. The second kappa shape index (κ2) is 9.19. The number of nitrogens with one attached hydrogen (secondary N) is 2. The van der Waals surface area contributed by atoms with Crippen LogP contribution in [0.25, 0.3) is 0 Å². The molecule has 3 atom stereocenters. The maximum atomic E-state index is 13.5. The van der Waals surface area contributed by atoms with Crippen LogP contribution < -0.4 is 16.4 Å². The minimum atomic E-state index is -4.51. The van der Waals surface area contributed by atoms with Crippen molar-refractivity contribution in [2.75, 3.05) is 11.9 Å². The van der Waals surface area contributed by atoms with E-state index >= 15 is 0 Å². The molecule has 0 radical (unpaired) electrons. The van der Waals surface area contributed by atoms with E-state index < -0.39 is 17.3 Å². The minimum Gasteiger partial charge on any atom is -0.384 e. The van der Waals surface area contributed by atoms with Gasteiger partial charge in [-0.3, -0.25) is 4.79 Å². The molecule has 0 spiro atoms. The Kier molecular flexibility index (Phi) is 6.50. The highest BCUT2D eigenvalue weighted by atomic mass is 19.4. The number of halogens is 3. The maximum Gasteiger partial charge on any atom is 0.416 e. The zero-order valence-electron chi connectivity index (χ0n) is 18.2. The van der Waals surface area contributed by atoms with Gasteiger partial charge in [-0.25, -0.2) is 0 Å². The van der Waals surface area contributed by atoms with Crippen LogP contribution in [0, 0.1) is 5.92 Å². The van der Waals surface area contributed by atoms with E-state index in [2.05, 4.69) is 10.6 Å². The maximum absolute atomic E-state index is 13.5. The van der Waals surface area contributed by atoms with Crippen molar-refractivity contribution in [3.8, 4) is 0 Å². The number of hydrogen-bond donors (Lipinski definition) is 4. The molecular formula is C25H28F3N3O2. The van der Waals surface area contributed by atoms with Gasteiger partial charge in [-0.05, 0) is 49.6 Å². The van der Waals surface area contributed by atoms with Crippen LogP contribution in [0.1, 0.15) is 54.8 Å². The van der Waals surface area contributed by atoms with Gasteiger partial charge in [0.15, 0.2) is 0 Å². The first-order valence-corrected chi connectivity index (χ1v) is 11.2. The van der Waals surface area contributed by atoms with Crippen molar-refractivity contribution >= 4 is 11.6 Å². The fourth-order valence-corrected chi connectivity index (χ4v) is 4.97. The molecule has 33 heavy (non-hydrogen) atoms. The van der Waals surface area contributed by atoms with Gasteiger partial charge in [0.05, 0.1) is 11.6 Å². The average molecular weight is 460 g/mol. The molecule has 8 heteroatoms. The number of aliphatic hydroxyl groups is 1. The van der Waals surface area contributed by atoms with Crippen molar-refractivity contribution in [1.29, 1.82) is 0 Å². The quantitative estimate of drug-likeness (QED) is 0.526. The molecule has 1 heterocycles. The van der Waals surface area contributed by atoms with Crippen molar-refractivity contribution in [3.63, 3.8) is 0 Å². The van der Waals surface area contributed by atoms with Crippen molar-refractivity contribution in [2.24, 2.45) is 11.7 Å². The molecule has 0 unspecified atom stereocenters. The van der Waals surface area contributed by atoms with Crippen LogP contribution >= 0.6 is 0 Å². The number of carbonyl (C=O) groups excluding carboxylic acids is 1. The lowest BCUT2D eigenvalue weighted by Gasteiger charge is -2.50. The van der Waals surface area contributed by atoms with Crippen LogP contribution in [-0.2, 0) is 16.6 Å². The van der Waals surface area contributed by atoms with Crippen molar-refractivity contribution in [1.82, 2.24) is 5.32 Å². The molecule has 2 aliphatic rings. The first kappa shape index (κ1) is 23.3. The zero-order valence-corrected chi connectivity index (χ0v) is 18.2. The lowest BCUT2D eigenvalue weighted by Crippen LogP contribution is -2.47. The molecular weight excluding hydrogens is 431 g/mol. The number of rotatable bonds is 5. The summed E-state index contributed by atoms with van der Waals surface area (Å²) >= 11 is 0. The summed E-state index contributed by atoms with van der Waals surface area (Å²) in [6.07, 6.45) is -0.716. The van der Waals surface area contributed by atoms with Crippen molar-refractivity contribution in [3.05, 3.63) is 77.0 Å². The van der Waals surface area contributed by atoms with E-state index in [0.717, 1.165) is 23.3 Å². The van der Waals surface area contributed by atoms with Crippen LogP contribution in [0.3, 0.4) is 0 Å². The monoisotopic (exact) mass is 459 g/mol. The van der Waals surface area contributed by atoms with Gasteiger partial charge < -0.3 is 21.5 Å². The van der Waals surface area contributed by atoms with Crippen molar-refractivity contribution < 1.29 is 23.1 Å². The van der Waals surface area contributed by atoms with Gasteiger partial charge in [0.1, 0.15) is 5.60 Å². The Bertz CT molecular complexity index is 1040. The molecule has 0 bridgehead atoms. The van der Waals surface area contributed by atoms with Crippen LogP contribution in [0.15, 0.2) is 60.3 Å². The number of amides is 1. The third-order valence-electron chi connectivity index (χ3n) is 6.62.